The van der Waals surface area contributed by atoms with Gasteiger partial charge in [-0.2, -0.15) is 0 Å². The van der Waals surface area contributed by atoms with Crippen molar-refractivity contribution in [1.29, 1.82) is 0 Å². The van der Waals surface area contributed by atoms with E-state index < -0.39 is 11.6 Å². The maximum Gasteiger partial charge on any atom is 0.163 e. The Kier molecular flexibility index (Phi) is 4.30. The van der Waals surface area contributed by atoms with Gasteiger partial charge in [0, 0.05) is 18.2 Å². The molecule has 1 saturated heterocycles. The molecule has 4 heteroatoms. The molecule has 1 heterocycles. The van der Waals surface area contributed by atoms with E-state index in [0.717, 1.165) is 26.1 Å². The molecule has 0 aliphatic carbocycles. The Morgan fingerprint density at radius 1 is 1.44 bits per heavy atom. The van der Waals surface area contributed by atoms with Crippen LogP contribution in [0, 0.1) is 17.6 Å². The van der Waals surface area contributed by atoms with E-state index in [1.54, 1.807) is 12.1 Å². The number of halogens is 2. The molecule has 1 aliphatic heterocycles. The maximum atomic E-state index is 13.7. The van der Waals surface area contributed by atoms with Gasteiger partial charge >= 0.3 is 0 Å². The van der Waals surface area contributed by atoms with Gasteiger partial charge < -0.3 is 5.32 Å². The van der Waals surface area contributed by atoms with Gasteiger partial charge in [0.15, 0.2) is 11.6 Å². The van der Waals surface area contributed by atoms with Gasteiger partial charge in [-0.15, -0.1) is 0 Å². The number of rotatable bonds is 4. The van der Waals surface area contributed by atoms with E-state index in [4.69, 9.17) is 0 Å². The second-order valence-corrected chi connectivity index (χ2v) is 5.03. The first-order valence-electron chi connectivity index (χ1n) is 6.46. The fourth-order valence-corrected chi connectivity index (χ4v) is 2.71. The highest BCUT2D eigenvalue weighted by Crippen LogP contribution is 2.29. The van der Waals surface area contributed by atoms with Crippen molar-refractivity contribution in [2.45, 2.75) is 19.4 Å². The molecule has 1 fully saturated rings. The van der Waals surface area contributed by atoms with Crippen LogP contribution in [0.15, 0.2) is 18.2 Å². The predicted octanol–water partition coefficient (Wildman–Crippen LogP) is 2.57. The average molecular weight is 254 g/mol. The first kappa shape index (κ1) is 13.4. The van der Waals surface area contributed by atoms with Crippen molar-refractivity contribution in [2.75, 3.05) is 26.7 Å². The molecule has 0 amide bonds. The highest BCUT2D eigenvalue weighted by Gasteiger charge is 2.28. The highest BCUT2D eigenvalue weighted by atomic mass is 19.2. The molecule has 1 N–H and O–H groups in total. The summed E-state index contributed by atoms with van der Waals surface area (Å²) in [5.41, 5.74) is 0.458. The van der Waals surface area contributed by atoms with Gasteiger partial charge in [-0.1, -0.05) is 12.1 Å². The van der Waals surface area contributed by atoms with E-state index in [-0.39, 0.29) is 6.04 Å². The molecule has 2 nitrogen and oxygen atoms in total. The summed E-state index contributed by atoms with van der Waals surface area (Å²) in [5.74, 6) is -0.860. The van der Waals surface area contributed by atoms with E-state index in [1.165, 1.54) is 6.07 Å². The van der Waals surface area contributed by atoms with Gasteiger partial charge in [0.05, 0.1) is 0 Å². The maximum absolute atomic E-state index is 13.7. The Balaban J connectivity index is 2.08. The third-order valence-electron chi connectivity index (χ3n) is 3.79. The van der Waals surface area contributed by atoms with Crippen molar-refractivity contribution in [3.8, 4) is 0 Å². The van der Waals surface area contributed by atoms with Crippen LogP contribution in [0.25, 0.3) is 0 Å². The minimum atomic E-state index is -0.759. The molecule has 1 aromatic carbocycles. The molecular formula is C14H20F2N2. The lowest BCUT2D eigenvalue weighted by Gasteiger charge is -2.25. The van der Waals surface area contributed by atoms with Crippen LogP contribution in [-0.2, 0) is 0 Å². The molecule has 0 bridgehead atoms. The summed E-state index contributed by atoms with van der Waals surface area (Å²) in [7, 11) is 1.94. The van der Waals surface area contributed by atoms with Crippen molar-refractivity contribution in [3.05, 3.63) is 35.4 Å². The second kappa shape index (κ2) is 5.76. The van der Waals surface area contributed by atoms with Crippen LogP contribution in [0.2, 0.25) is 0 Å². The molecule has 2 unspecified atom stereocenters. The Bertz CT molecular complexity index is 409. The van der Waals surface area contributed by atoms with E-state index in [1.807, 2.05) is 14.0 Å². The van der Waals surface area contributed by atoms with Crippen LogP contribution in [0.5, 0.6) is 0 Å². The van der Waals surface area contributed by atoms with Crippen molar-refractivity contribution in [1.82, 2.24) is 10.2 Å². The zero-order chi connectivity index (χ0) is 13.1. The Morgan fingerprint density at radius 3 is 2.94 bits per heavy atom. The summed E-state index contributed by atoms with van der Waals surface area (Å²) in [6.45, 7) is 4.82. The number of nitrogens with one attached hydrogen (secondary N) is 1. The van der Waals surface area contributed by atoms with Crippen molar-refractivity contribution >= 4 is 0 Å². The van der Waals surface area contributed by atoms with Gasteiger partial charge in [0.25, 0.3) is 0 Å². The molecule has 0 saturated carbocycles. The number of hydrogen-bond acceptors (Lipinski definition) is 2. The molecular weight excluding hydrogens is 234 g/mol. The van der Waals surface area contributed by atoms with Crippen LogP contribution in [0.3, 0.4) is 0 Å². The number of hydrogen-bond donors (Lipinski definition) is 1. The Morgan fingerprint density at radius 2 is 2.22 bits per heavy atom. The van der Waals surface area contributed by atoms with E-state index >= 15 is 0 Å². The second-order valence-electron chi connectivity index (χ2n) is 5.03. The van der Waals surface area contributed by atoms with Crippen LogP contribution in [0.1, 0.15) is 24.9 Å². The topological polar surface area (TPSA) is 15.3 Å². The van der Waals surface area contributed by atoms with Crippen LogP contribution < -0.4 is 5.32 Å². The van der Waals surface area contributed by atoms with Crippen LogP contribution in [0.4, 0.5) is 8.78 Å². The van der Waals surface area contributed by atoms with E-state index in [2.05, 4.69) is 10.2 Å². The lowest BCUT2D eigenvalue weighted by Crippen LogP contribution is -2.27. The number of nitrogens with zero attached hydrogens (tertiary/aromatic N) is 1. The minimum absolute atomic E-state index is 0.0671. The van der Waals surface area contributed by atoms with Crippen molar-refractivity contribution in [3.63, 3.8) is 0 Å². The molecule has 0 aromatic heterocycles. The van der Waals surface area contributed by atoms with Gasteiger partial charge in [-0.3, -0.25) is 4.90 Å². The standard InChI is InChI=1S/C14H20F2N2/c1-10(12-4-3-5-13(15)14(12)16)18-7-6-11(9-18)8-17-2/h3-5,10-11,17H,6-9H2,1-2H3. The zero-order valence-electron chi connectivity index (χ0n) is 10.9. The normalized spacial score (nSPS) is 22.3. The molecule has 18 heavy (non-hydrogen) atoms. The zero-order valence-corrected chi connectivity index (χ0v) is 10.9. The largest absolute Gasteiger partial charge is 0.319 e. The monoisotopic (exact) mass is 254 g/mol. The van der Waals surface area contributed by atoms with Gasteiger partial charge in [-0.05, 0) is 45.5 Å². The Hall–Kier alpha value is -1.00. The average Bonchev–Trinajstić information content (AvgIpc) is 2.81. The predicted molar refractivity (Wildman–Crippen MR) is 68.4 cm³/mol. The summed E-state index contributed by atoms with van der Waals surface area (Å²) in [6, 6.07) is 4.35. The fourth-order valence-electron chi connectivity index (χ4n) is 2.71. The van der Waals surface area contributed by atoms with Gasteiger partial charge in [0.1, 0.15) is 0 Å². The molecule has 0 radical (unpaired) electrons. The lowest BCUT2D eigenvalue weighted by molar-refractivity contribution is 0.245. The number of benzene rings is 1. The van der Waals surface area contributed by atoms with Crippen molar-refractivity contribution in [2.24, 2.45) is 5.92 Å². The van der Waals surface area contributed by atoms with E-state index in [9.17, 15) is 8.78 Å². The smallest absolute Gasteiger partial charge is 0.163 e. The molecule has 2 atom stereocenters. The third kappa shape index (κ3) is 2.70. The highest BCUT2D eigenvalue weighted by molar-refractivity contribution is 5.22. The SMILES string of the molecule is CNCC1CCN(C(C)c2cccc(F)c2F)C1. The van der Waals surface area contributed by atoms with Gasteiger partial charge in [0.2, 0.25) is 0 Å². The van der Waals surface area contributed by atoms with Crippen molar-refractivity contribution < 1.29 is 8.78 Å². The molecule has 100 valence electrons. The lowest BCUT2D eigenvalue weighted by atomic mass is 10.1. The molecule has 1 aromatic rings. The molecule has 0 spiro atoms. The molecule has 1 aliphatic rings. The summed E-state index contributed by atoms with van der Waals surface area (Å²) >= 11 is 0. The third-order valence-corrected chi connectivity index (χ3v) is 3.79. The van der Waals surface area contributed by atoms with Gasteiger partial charge in [-0.25, -0.2) is 8.78 Å². The van der Waals surface area contributed by atoms with E-state index in [0.29, 0.717) is 11.5 Å². The summed E-state index contributed by atoms with van der Waals surface area (Å²) < 4.78 is 27.0. The first-order chi connectivity index (χ1) is 8.63. The van der Waals surface area contributed by atoms with Crippen LogP contribution >= 0.6 is 0 Å². The fraction of sp³-hybridized carbons (Fsp3) is 0.571. The minimum Gasteiger partial charge on any atom is -0.319 e. The molecule has 2 rings (SSSR count). The first-order valence-corrected chi connectivity index (χ1v) is 6.46. The quantitative estimate of drug-likeness (QED) is 0.888. The van der Waals surface area contributed by atoms with Crippen LogP contribution in [-0.4, -0.2) is 31.6 Å². The summed E-state index contributed by atoms with van der Waals surface area (Å²) in [5, 5.41) is 3.17. The number of likely N-dealkylation sites (tertiary alicyclic amines) is 1. The summed E-state index contributed by atoms with van der Waals surface area (Å²) in [6.07, 6.45) is 1.11. The summed E-state index contributed by atoms with van der Waals surface area (Å²) in [4.78, 5) is 2.22. The Labute approximate surface area is 107 Å².